The van der Waals surface area contributed by atoms with Crippen molar-refractivity contribution in [2.24, 2.45) is 0 Å². The van der Waals surface area contributed by atoms with E-state index in [1.165, 1.54) is 30.5 Å². The molecule has 1 aromatic heterocycles. The van der Waals surface area contributed by atoms with E-state index in [-0.39, 0.29) is 27.1 Å². The zero-order valence-electron chi connectivity index (χ0n) is 10.4. The fraction of sp³-hybridized carbons (Fsp3) is 0. The molecule has 2 aromatic rings. The van der Waals surface area contributed by atoms with Crippen molar-refractivity contribution in [1.82, 2.24) is 4.98 Å². The highest BCUT2D eigenvalue weighted by molar-refractivity contribution is 7.92. The fourth-order valence-corrected chi connectivity index (χ4v) is 2.91. The third-order valence-electron chi connectivity index (χ3n) is 2.49. The monoisotopic (exact) mass is 328 g/mol. The minimum absolute atomic E-state index is 0.0200. The molecule has 0 fully saturated rings. The molecule has 1 heterocycles. The van der Waals surface area contributed by atoms with Crippen molar-refractivity contribution in [1.29, 1.82) is 0 Å². The van der Waals surface area contributed by atoms with Crippen LogP contribution in [0.5, 0.6) is 0 Å². The van der Waals surface area contributed by atoms with Crippen molar-refractivity contribution < 1.29 is 13.3 Å². The summed E-state index contributed by atoms with van der Waals surface area (Å²) in [6.45, 7) is 0. The van der Waals surface area contributed by atoms with E-state index >= 15 is 0 Å². The van der Waals surface area contributed by atoms with Gasteiger partial charge in [0.25, 0.3) is 15.7 Å². The number of halogens is 1. The third kappa shape index (κ3) is 3.20. The quantitative estimate of drug-likeness (QED) is 0.652. The minimum Gasteiger partial charge on any atom is -0.383 e. The minimum atomic E-state index is -4.05. The second-order valence-corrected chi connectivity index (χ2v) is 5.97. The van der Waals surface area contributed by atoms with Gasteiger partial charge in [0.05, 0.1) is 15.6 Å². The SMILES string of the molecule is Nc1ncccc1S(=O)(=O)Nc1cc([N+](=O)[O-])ccc1Cl. The Kier molecular flexibility index (Phi) is 3.96. The molecular formula is C11H9ClN4O4S. The lowest BCUT2D eigenvalue weighted by Crippen LogP contribution is -2.15. The van der Waals surface area contributed by atoms with Crippen LogP contribution in [0.15, 0.2) is 41.4 Å². The van der Waals surface area contributed by atoms with Gasteiger partial charge in [0.1, 0.15) is 10.7 Å². The predicted octanol–water partition coefficient (Wildman–Crippen LogP) is 2.03. The molecule has 0 aliphatic heterocycles. The molecule has 0 unspecified atom stereocenters. The first-order valence-corrected chi connectivity index (χ1v) is 7.34. The first-order chi connectivity index (χ1) is 9.81. The first kappa shape index (κ1) is 15.0. The van der Waals surface area contributed by atoms with Gasteiger partial charge in [-0.25, -0.2) is 13.4 Å². The lowest BCUT2D eigenvalue weighted by Gasteiger charge is -2.10. The molecule has 21 heavy (non-hydrogen) atoms. The molecule has 0 saturated carbocycles. The van der Waals surface area contributed by atoms with Crippen LogP contribution in [0.25, 0.3) is 0 Å². The van der Waals surface area contributed by atoms with Crippen LogP contribution in [0.1, 0.15) is 0 Å². The Balaban J connectivity index is 2.44. The maximum absolute atomic E-state index is 12.2. The summed E-state index contributed by atoms with van der Waals surface area (Å²) in [4.78, 5) is 13.5. The van der Waals surface area contributed by atoms with Crippen molar-refractivity contribution in [3.63, 3.8) is 0 Å². The number of nitro benzene ring substituents is 1. The fourth-order valence-electron chi connectivity index (χ4n) is 1.53. The Bertz CT molecular complexity index is 810. The van der Waals surface area contributed by atoms with Crippen molar-refractivity contribution in [2.45, 2.75) is 4.90 Å². The lowest BCUT2D eigenvalue weighted by atomic mass is 10.3. The molecular weight excluding hydrogens is 320 g/mol. The van der Waals surface area contributed by atoms with Gasteiger partial charge in [-0.05, 0) is 18.2 Å². The van der Waals surface area contributed by atoms with Gasteiger partial charge in [0.15, 0.2) is 0 Å². The van der Waals surface area contributed by atoms with Crippen LogP contribution in [-0.4, -0.2) is 18.3 Å². The largest absolute Gasteiger partial charge is 0.383 e. The average molecular weight is 329 g/mol. The van der Waals surface area contributed by atoms with Crippen molar-refractivity contribution in [3.8, 4) is 0 Å². The number of sulfonamides is 1. The first-order valence-electron chi connectivity index (χ1n) is 5.48. The standard InChI is InChI=1S/C11H9ClN4O4S/c12-8-4-3-7(16(17)18)6-9(8)15-21(19,20)10-2-1-5-14-11(10)13/h1-6,15H,(H2,13,14). The molecule has 0 amide bonds. The molecule has 110 valence electrons. The van der Waals surface area contributed by atoms with Crippen molar-refractivity contribution >= 4 is 38.8 Å². The molecule has 0 radical (unpaired) electrons. The van der Waals surface area contributed by atoms with Crippen LogP contribution in [0.2, 0.25) is 5.02 Å². The summed E-state index contributed by atoms with van der Waals surface area (Å²) < 4.78 is 26.5. The van der Waals surface area contributed by atoms with E-state index in [9.17, 15) is 18.5 Å². The highest BCUT2D eigenvalue weighted by Crippen LogP contribution is 2.29. The average Bonchev–Trinajstić information content (AvgIpc) is 2.41. The number of anilines is 2. The molecule has 0 atom stereocenters. The molecule has 0 saturated heterocycles. The molecule has 1 aromatic carbocycles. The topological polar surface area (TPSA) is 128 Å². The summed E-state index contributed by atoms with van der Waals surface area (Å²) in [5.41, 5.74) is 5.09. The number of nitrogens with zero attached hydrogens (tertiary/aromatic N) is 2. The van der Waals surface area contributed by atoms with Gasteiger partial charge in [0.2, 0.25) is 0 Å². The van der Waals surface area contributed by atoms with Crippen LogP contribution in [0, 0.1) is 10.1 Å². The number of hydrogen-bond acceptors (Lipinski definition) is 6. The van der Waals surface area contributed by atoms with Crippen LogP contribution in [-0.2, 0) is 10.0 Å². The van der Waals surface area contributed by atoms with Gasteiger partial charge in [0, 0.05) is 18.3 Å². The van der Waals surface area contributed by atoms with E-state index in [4.69, 9.17) is 17.3 Å². The predicted molar refractivity (Wildman–Crippen MR) is 77.6 cm³/mol. The van der Waals surface area contributed by atoms with Crippen LogP contribution < -0.4 is 10.5 Å². The summed E-state index contributed by atoms with van der Waals surface area (Å²) in [5.74, 6) is -0.188. The van der Waals surface area contributed by atoms with Gasteiger partial charge < -0.3 is 5.73 Å². The van der Waals surface area contributed by atoms with E-state index in [0.29, 0.717) is 0 Å². The summed E-state index contributed by atoms with van der Waals surface area (Å²) in [6.07, 6.45) is 1.34. The number of nitrogens with one attached hydrogen (secondary N) is 1. The smallest absolute Gasteiger partial charge is 0.271 e. The highest BCUT2D eigenvalue weighted by Gasteiger charge is 2.20. The molecule has 2 rings (SSSR count). The number of pyridine rings is 1. The molecule has 0 bridgehead atoms. The number of nitro groups is 1. The molecule has 10 heteroatoms. The van der Waals surface area contributed by atoms with Crippen molar-refractivity contribution in [2.75, 3.05) is 10.5 Å². The third-order valence-corrected chi connectivity index (χ3v) is 4.24. The summed E-state index contributed by atoms with van der Waals surface area (Å²) in [6, 6.07) is 6.07. The molecule has 3 N–H and O–H groups in total. The Morgan fingerprint density at radius 2 is 2.05 bits per heavy atom. The van der Waals surface area contributed by atoms with E-state index in [1.54, 1.807) is 0 Å². The number of rotatable bonds is 4. The number of nitrogen functional groups attached to an aromatic ring is 1. The molecule has 0 aliphatic carbocycles. The number of hydrogen-bond donors (Lipinski definition) is 2. The van der Waals surface area contributed by atoms with Gasteiger partial charge in [-0.15, -0.1) is 0 Å². The zero-order valence-corrected chi connectivity index (χ0v) is 11.9. The van der Waals surface area contributed by atoms with Gasteiger partial charge >= 0.3 is 0 Å². The van der Waals surface area contributed by atoms with Gasteiger partial charge in [-0.2, -0.15) is 0 Å². The van der Waals surface area contributed by atoms with Gasteiger partial charge in [-0.1, -0.05) is 11.6 Å². The maximum Gasteiger partial charge on any atom is 0.271 e. The second-order valence-electron chi connectivity index (χ2n) is 3.91. The number of benzene rings is 1. The number of aromatic nitrogens is 1. The normalized spacial score (nSPS) is 11.1. The lowest BCUT2D eigenvalue weighted by molar-refractivity contribution is -0.384. The summed E-state index contributed by atoms with van der Waals surface area (Å²) in [7, 11) is -4.05. The van der Waals surface area contributed by atoms with Crippen LogP contribution in [0.3, 0.4) is 0 Å². The zero-order chi connectivity index (χ0) is 15.6. The Hall–Kier alpha value is -2.39. The van der Waals surface area contributed by atoms with Gasteiger partial charge in [-0.3, -0.25) is 14.8 Å². The summed E-state index contributed by atoms with van der Waals surface area (Å²) >= 11 is 5.84. The van der Waals surface area contributed by atoms with Crippen LogP contribution >= 0.6 is 11.6 Å². The van der Waals surface area contributed by atoms with Crippen molar-refractivity contribution in [3.05, 3.63) is 51.7 Å². The molecule has 8 nitrogen and oxygen atoms in total. The van der Waals surface area contributed by atoms with E-state index < -0.39 is 14.9 Å². The van der Waals surface area contributed by atoms with Crippen LogP contribution in [0.4, 0.5) is 17.2 Å². The van der Waals surface area contributed by atoms with E-state index in [2.05, 4.69) is 9.71 Å². The maximum atomic E-state index is 12.2. The number of nitrogens with two attached hydrogens (primary N) is 1. The molecule has 0 spiro atoms. The molecule has 0 aliphatic rings. The van der Waals surface area contributed by atoms with E-state index in [1.807, 2.05) is 0 Å². The summed E-state index contributed by atoms with van der Waals surface area (Å²) in [5, 5.41) is 10.7. The Morgan fingerprint density at radius 3 is 2.67 bits per heavy atom. The number of non-ortho nitro benzene ring substituents is 1. The highest BCUT2D eigenvalue weighted by atomic mass is 35.5. The second kappa shape index (κ2) is 5.54. The Labute approximate surface area is 124 Å². The van der Waals surface area contributed by atoms with E-state index in [0.717, 1.165) is 6.07 Å². The Morgan fingerprint density at radius 1 is 1.33 bits per heavy atom.